The molecule has 6 heteroatoms. The van der Waals surface area contributed by atoms with Crippen molar-refractivity contribution in [1.29, 1.82) is 0 Å². The van der Waals surface area contributed by atoms with Crippen molar-refractivity contribution in [2.24, 2.45) is 0 Å². The lowest BCUT2D eigenvalue weighted by molar-refractivity contribution is -0.145. The van der Waals surface area contributed by atoms with Gasteiger partial charge in [0.2, 0.25) is 5.91 Å². The highest BCUT2D eigenvalue weighted by molar-refractivity contribution is 9.10. The van der Waals surface area contributed by atoms with E-state index in [-0.39, 0.29) is 22.7 Å². The highest BCUT2D eigenvalue weighted by atomic mass is 79.9. The maximum Gasteiger partial charge on any atom is 0.251 e. The molecule has 2 rings (SSSR count). The Morgan fingerprint density at radius 2 is 1.83 bits per heavy atom. The van der Waals surface area contributed by atoms with E-state index in [0.717, 1.165) is 12.8 Å². The Hall–Kier alpha value is -0.620. The van der Waals surface area contributed by atoms with Crippen molar-refractivity contribution in [3.8, 4) is 0 Å². The highest BCUT2D eigenvalue weighted by Gasteiger charge is 2.31. The summed E-state index contributed by atoms with van der Waals surface area (Å²) >= 11 is 3.28. The Morgan fingerprint density at radius 1 is 1.22 bits per heavy atom. The van der Waals surface area contributed by atoms with Crippen LogP contribution in [0.25, 0.3) is 0 Å². The number of alkyl halides is 1. The van der Waals surface area contributed by atoms with E-state index < -0.39 is 0 Å². The minimum absolute atomic E-state index is 0.0893. The van der Waals surface area contributed by atoms with E-state index in [1.54, 1.807) is 4.90 Å². The van der Waals surface area contributed by atoms with Gasteiger partial charge in [-0.1, -0.05) is 15.9 Å². The lowest BCUT2D eigenvalue weighted by atomic mass is 10.2. The molecule has 0 N–H and O–H groups in total. The zero-order valence-corrected chi connectivity index (χ0v) is 12.2. The fourth-order valence-corrected chi connectivity index (χ4v) is 2.66. The smallest absolute Gasteiger partial charge is 0.251 e. The molecule has 2 fully saturated rings. The van der Waals surface area contributed by atoms with E-state index in [4.69, 9.17) is 4.74 Å². The molecular formula is C12H19BrN2O3. The first kappa shape index (κ1) is 13.8. The number of amides is 2. The zero-order chi connectivity index (χ0) is 13.1. The van der Waals surface area contributed by atoms with Crippen molar-refractivity contribution in [3.05, 3.63) is 0 Å². The predicted octanol–water partition coefficient (Wildman–Crippen LogP) is 0.620. The van der Waals surface area contributed by atoms with Gasteiger partial charge in [-0.25, -0.2) is 0 Å². The van der Waals surface area contributed by atoms with E-state index >= 15 is 0 Å². The van der Waals surface area contributed by atoms with Gasteiger partial charge in [-0.3, -0.25) is 9.59 Å². The number of carbonyl (C=O) groups is 2. The van der Waals surface area contributed by atoms with E-state index in [1.165, 1.54) is 0 Å². The van der Waals surface area contributed by atoms with Crippen molar-refractivity contribution >= 4 is 27.7 Å². The number of carbonyl (C=O) groups excluding carboxylic acids is 2. The third kappa shape index (κ3) is 3.03. The third-order valence-corrected chi connectivity index (χ3v) is 3.84. The SMILES string of the molecule is CC(Br)C(=O)N1CCN(C(=O)C2CCCO2)CC1. The lowest BCUT2D eigenvalue weighted by Crippen LogP contribution is -2.53. The maximum atomic E-state index is 12.1. The van der Waals surface area contributed by atoms with Crippen LogP contribution in [0.15, 0.2) is 0 Å². The average molecular weight is 319 g/mol. The summed E-state index contributed by atoms with van der Waals surface area (Å²) in [6.45, 7) is 4.98. The first-order chi connectivity index (χ1) is 8.59. The van der Waals surface area contributed by atoms with Crippen LogP contribution in [0.4, 0.5) is 0 Å². The Labute approximate surface area is 116 Å². The Morgan fingerprint density at radius 3 is 2.33 bits per heavy atom. The van der Waals surface area contributed by atoms with Crippen molar-refractivity contribution in [2.75, 3.05) is 32.8 Å². The largest absolute Gasteiger partial charge is 0.368 e. The molecule has 0 radical (unpaired) electrons. The van der Waals surface area contributed by atoms with Gasteiger partial charge in [0, 0.05) is 32.8 Å². The summed E-state index contributed by atoms with van der Waals surface area (Å²) in [6.07, 6.45) is 1.55. The van der Waals surface area contributed by atoms with Gasteiger partial charge < -0.3 is 14.5 Å². The van der Waals surface area contributed by atoms with Crippen LogP contribution in [0.2, 0.25) is 0 Å². The molecule has 0 aromatic rings. The van der Waals surface area contributed by atoms with Gasteiger partial charge in [0.1, 0.15) is 6.10 Å². The van der Waals surface area contributed by atoms with Crippen molar-refractivity contribution in [1.82, 2.24) is 9.80 Å². The van der Waals surface area contributed by atoms with Crippen LogP contribution in [0.1, 0.15) is 19.8 Å². The monoisotopic (exact) mass is 318 g/mol. The number of nitrogens with zero attached hydrogens (tertiary/aromatic N) is 2. The van der Waals surface area contributed by atoms with Crippen LogP contribution in [0.3, 0.4) is 0 Å². The lowest BCUT2D eigenvalue weighted by Gasteiger charge is -2.36. The van der Waals surface area contributed by atoms with Crippen LogP contribution >= 0.6 is 15.9 Å². The first-order valence-electron chi connectivity index (χ1n) is 6.43. The summed E-state index contributed by atoms with van der Waals surface area (Å²) in [6, 6.07) is 0. The second-order valence-corrected chi connectivity index (χ2v) is 6.14. The summed E-state index contributed by atoms with van der Waals surface area (Å²) in [5.74, 6) is 0.186. The topological polar surface area (TPSA) is 49.9 Å². The molecule has 18 heavy (non-hydrogen) atoms. The van der Waals surface area contributed by atoms with Crippen LogP contribution in [-0.2, 0) is 14.3 Å². The van der Waals surface area contributed by atoms with Crippen molar-refractivity contribution < 1.29 is 14.3 Å². The van der Waals surface area contributed by atoms with Crippen LogP contribution in [-0.4, -0.2) is 65.3 Å². The molecule has 2 aliphatic rings. The summed E-state index contributed by atoms with van der Waals surface area (Å²) in [5.41, 5.74) is 0. The van der Waals surface area contributed by atoms with Crippen LogP contribution in [0.5, 0.6) is 0 Å². The summed E-state index contributed by atoms with van der Waals surface area (Å²) < 4.78 is 5.40. The molecule has 2 saturated heterocycles. The number of rotatable bonds is 2. The molecule has 0 spiro atoms. The van der Waals surface area contributed by atoms with Gasteiger partial charge in [0.15, 0.2) is 0 Å². The molecule has 2 unspecified atom stereocenters. The Balaban J connectivity index is 1.82. The van der Waals surface area contributed by atoms with Gasteiger partial charge in [-0.2, -0.15) is 0 Å². The molecule has 102 valence electrons. The first-order valence-corrected chi connectivity index (χ1v) is 7.34. The normalized spacial score (nSPS) is 26.2. The number of hydrogen-bond acceptors (Lipinski definition) is 3. The zero-order valence-electron chi connectivity index (χ0n) is 10.6. The minimum atomic E-state index is -0.248. The van der Waals surface area contributed by atoms with Gasteiger partial charge in [-0.15, -0.1) is 0 Å². The standard InChI is InChI=1S/C12H19BrN2O3/c1-9(13)11(16)14-4-6-15(7-5-14)12(17)10-3-2-8-18-10/h9-10H,2-8H2,1H3. The van der Waals surface area contributed by atoms with Gasteiger partial charge >= 0.3 is 0 Å². The van der Waals surface area contributed by atoms with Crippen LogP contribution < -0.4 is 0 Å². The highest BCUT2D eigenvalue weighted by Crippen LogP contribution is 2.16. The molecule has 2 aliphatic heterocycles. The quantitative estimate of drug-likeness (QED) is 0.701. The fraction of sp³-hybridized carbons (Fsp3) is 0.833. The summed E-state index contributed by atoms with van der Waals surface area (Å²) in [5, 5.41) is 0. The number of halogens is 1. The molecule has 0 bridgehead atoms. The third-order valence-electron chi connectivity index (χ3n) is 3.45. The molecule has 0 aromatic carbocycles. The minimum Gasteiger partial charge on any atom is -0.368 e. The fourth-order valence-electron chi connectivity index (χ4n) is 2.37. The Kier molecular flexibility index (Phi) is 4.61. The number of hydrogen-bond donors (Lipinski definition) is 0. The van der Waals surface area contributed by atoms with Gasteiger partial charge in [0.05, 0.1) is 4.83 Å². The second kappa shape index (κ2) is 6.02. The molecule has 2 amide bonds. The van der Waals surface area contributed by atoms with Gasteiger partial charge in [0.25, 0.3) is 5.91 Å². The average Bonchev–Trinajstić information content (AvgIpc) is 2.91. The van der Waals surface area contributed by atoms with E-state index in [9.17, 15) is 9.59 Å². The molecular weight excluding hydrogens is 300 g/mol. The van der Waals surface area contributed by atoms with E-state index in [2.05, 4.69) is 15.9 Å². The van der Waals surface area contributed by atoms with E-state index in [0.29, 0.717) is 32.8 Å². The van der Waals surface area contributed by atoms with Crippen LogP contribution in [0, 0.1) is 0 Å². The summed E-state index contributed by atoms with van der Waals surface area (Å²) in [7, 11) is 0. The molecule has 0 aliphatic carbocycles. The Bertz CT molecular complexity index is 321. The van der Waals surface area contributed by atoms with Gasteiger partial charge in [-0.05, 0) is 19.8 Å². The summed E-state index contributed by atoms with van der Waals surface area (Å²) in [4.78, 5) is 27.3. The molecule has 5 nitrogen and oxygen atoms in total. The van der Waals surface area contributed by atoms with Crippen molar-refractivity contribution in [2.45, 2.75) is 30.7 Å². The molecule has 0 aromatic heterocycles. The second-order valence-electron chi connectivity index (χ2n) is 4.77. The predicted molar refractivity (Wildman–Crippen MR) is 70.5 cm³/mol. The molecule has 2 atom stereocenters. The van der Waals surface area contributed by atoms with Crippen molar-refractivity contribution in [3.63, 3.8) is 0 Å². The molecule has 2 heterocycles. The number of piperazine rings is 1. The maximum absolute atomic E-state index is 12.1. The van der Waals surface area contributed by atoms with E-state index in [1.807, 2.05) is 11.8 Å². The number of ether oxygens (including phenoxy) is 1. The molecule has 0 saturated carbocycles.